The Bertz CT molecular complexity index is 592. The molecule has 0 amide bonds. The van der Waals surface area contributed by atoms with E-state index in [-0.39, 0.29) is 0 Å². The average molecular weight is 277 g/mol. The summed E-state index contributed by atoms with van der Waals surface area (Å²) < 4.78 is 17.3. The molecule has 0 unspecified atom stereocenters. The fraction of sp³-hybridized carbons (Fsp3) is 0.400. The van der Waals surface area contributed by atoms with E-state index >= 15 is 0 Å². The zero-order valence-corrected chi connectivity index (χ0v) is 11.6. The van der Waals surface area contributed by atoms with Crippen molar-refractivity contribution in [1.82, 2.24) is 4.57 Å². The first-order valence-electron chi connectivity index (χ1n) is 6.73. The van der Waals surface area contributed by atoms with Gasteiger partial charge in [0.25, 0.3) is 0 Å². The van der Waals surface area contributed by atoms with Gasteiger partial charge in [-0.25, -0.2) is 4.79 Å². The number of nitrogens with zero attached hydrogens (tertiary/aromatic N) is 1. The van der Waals surface area contributed by atoms with Crippen molar-refractivity contribution in [1.29, 1.82) is 0 Å². The molecule has 2 rings (SSSR count). The molecule has 5 heteroatoms. The van der Waals surface area contributed by atoms with E-state index in [1.807, 2.05) is 19.1 Å². The van der Waals surface area contributed by atoms with Gasteiger partial charge in [0, 0.05) is 5.56 Å². The number of hydrogen-bond acceptors (Lipinski definition) is 4. The van der Waals surface area contributed by atoms with Crippen LogP contribution in [0.1, 0.15) is 31.0 Å². The van der Waals surface area contributed by atoms with Gasteiger partial charge in [-0.05, 0) is 25.3 Å². The van der Waals surface area contributed by atoms with Gasteiger partial charge in [0.1, 0.15) is 5.69 Å². The minimum atomic E-state index is -0.401. The maximum Gasteiger partial charge on any atom is 0.422 e. The molecule has 0 saturated heterocycles. The van der Waals surface area contributed by atoms with Gasteiger partial charge in [-0.3, -0.25) is 4.57 Å². The summed E-state index contributed by atoms with van der Waals surface area (Å²) >= 11 is 0. The predicted molar refractivity (Wildman–Crippen MR) is 75.1 cm³/mol. The molecule has 108 valence electrons. The second-order valence-electron chi connectivity index (χ2n) is 4.45. The van der Waals surface area contributed by atoms with Crippen LogP contribution in [0.25, 0.3) is 0 Å². The SMILES string of the molecule is C=CCCCOc1oc(=O)n(Cc2ccoc2)c1CC. The lowest BCUT2D eigenvalue weighted by molar-refractivity contribution is 0.231. The fourth-order valence-electron chi connectivity index (χ4n) is 1.98. The number of unbranched alkanes of at least 4 members (excludes halogenated alkanes) is 1. The van der Waals surface area contributed by atoms with Crippen LogP contribution in [0.4, 0.5) is 0 Å². The van der Waals surface area contributed by atoms with Crippen molar-refractivity contribution < 1.29 is 13.6 Å². The molecule has 5 nitrogen and oxygen atoms in total. The second-order valence-corrected chi connectivity index (χ2v) is 4.45. The van der Waals surface area contributed by atoms with Crippen LogP contribution in [0.15, 0.2) is 44.9 Å². The van der Waals surface area contributed by atoms with Gasteiger partial charge in [0.05, 0.1) is 25.7 Å². The lowest BCUT2D eigenvalue weighted by atomic mass is 10.3. The van der Waals surface area contributed by atoms with Gasteiger partial charge >= 0.3 is 11.7 Å². The van der Waals surface area contributed by atoms with Crippen molar-refractivity contribution in [2.45, 2.75) is 32.7 Å². The Labute approximate surface area is 117 Å². The van der Waals surface area contributed by atoms with Gasteiger partial charge in [-0.2, -0.15) is 0 Å². The van der Waals surface area contributed by atoms with Gasteiger partial charge in [0.15, 0.2) is 0 Å². The van der Waals surface area contributed by atoms with Crippen LogP contribution in [-0.4, -0.2) is 11.2 Å². The number of furan rings is 1. The summed E-state index contributed by atoms with van der Waals surface area (Å²) in [7, 11) is 0. The van der Waals surface area contributed by atoms with Crippen LogP contribution in [-0.2, 0) is 13.0 Å². The summed E-state index contributed by atoms with van der Waals surface area (Å²) in [5.41, 5.74) is 1.69. The number of rotatable bonds is 8. The first-order valence-corrected chi connectivity index (χ1v) is 6.73. The van der Waals surface area contributed by atoms with Crippen molar-refractivity contribution >= 4 is 0 Å². The number of hydrogen-bond donors (Lipinski definition) is 0. The number of ether oxygens (including phenoxy) is 1. The fourth-order valence-corrected chi connectivity index (χ4v) is 1.98. The molecule has 2 heterocycles. The highest BCUT2D eigenvalue weighted by Crippen LogP contribution is 2.19. The van der Waals surface area contributed by atoms with Crippen LogP contribution in [0, 0.1) is 0 Å². The van der Waals surface area contributed by atoms with Crippen molar-refractivity contribution in [3.05, 3.63) is 53.1 Å². The lowest BCUT2D eigenvalue weighted by Crippen LogP contribution is -2.17. The van der Waals surface area contributed by atoms with E-state index in [9.17, 15) is 4.79 Å². The van der Waals surface area contributed by atoms with Crippen LogP contribution in [0.5, 0.6) is 5.95 Å². The normalized spacial score (nSPS) is 10.7. The zero-order valence-electron chi connectivity index (χ0n) is 11.6. The molecule has 0 fully saturated rings. The third kappa shape index (κ3) is 3.23. The highest BCUT2D eigenvalue weighted by atomic mass is 16.6. The van der Waals surface area contributed by atoms with E-state index in [4.69, 9.17) is 13.6 Å². The Morgan fingerprint density at radius 1 is 1.50 bits per heavy atom. The molecule has 2 aromatic heterocycles. The molecule has 0 N–H and O–H groups in total. The molecule has 0 aromatic carbocycles. The van der Waals surface area contributed by atoms with E-state index in [1.165, 1.54) is 0 Å². The predicted octanol–water partition coefficient (Wildman–Crippen LogP) is 2.99. The van der Waals surface area contributed by atoms with Gasteiger partial charge in [-0.1, -0.05) is 13.0 Å². The van der Waals surface area contributed by atoms with Gasteiger partial charge < -0.3 is 13.6 Å². The first kappa shape index (κ1) is 14.2. The minimum absolute atomic E-state index is 0.324. The molecule has 0 aliphatic heterocycles. The number of allylic oxidation sites excluding steroid dienone is 1. The van der Waals surface area contributed by atoms with E-state index < -0.39 is 5.76 Å². The summed E-state index contributed by atoms with van der Waals surface area (Å²) in [5.74, 6) is -0.0770. The summed E-state index contributed by atoms with van der Waals surface area (Å²) in [4.78, 5) is 11.9. The highest BCUT2D eigenvalue weighted by Gasteiger charge is 2.17. The molecule has 20 heavy (non-hydrogen) atoms. The minimum Gasteiger partial charge on any atom is -0.472 e. The van der Waals surface area contributed by atoms with Crippen LogP contribution >= 0.6 is 0 Å². The summed E-state index contributed by atoms with van der Waals surface area (Å²) in [6, 6.07) is 1.82. The molecular formula is C15H19NO4. The molecule has 0 radical (unpaired) electrons. The Balaban J connectivity index is 2.13. The van der Waals surface area contributed by atoms with Crippen molar-refractivity contribution in [2.75, 3.05) is 6.61 Å². The summed E-state index contributed by atoms with van der Waals surface area (Å²) in [6.07, 6.45) is 7.43. The maximum absolute atomic E-state index is 11.9. The molecule has 0 aliphatic rings. The molecule has 0 saturated carbocycles. The smallest absolute Gasteiger partial charge is 0.422 e. The van der Waals surface area contributed by atoms with E-state index in [0.29, 0.717) is 25.5 Å². The van der Waals surface area contributed by atoms with Crippen molar-refractivity contribution in [3.8, 4) is 5.95 Å². The second kappa shape index (κ2) is 6.84. The average Bonchev–Trinajstić information content (AvgIpc) is 3.05. The largest absolute Gasteiger partial charge is 0.472 e. The van der Waals surface area contributed by atoms with E-state index in [1.54, 1.807) is 17.1 Å². The third-order valence-corrected chi connectivity index (χ3v) is 3.00. The van der Waals surface area contributed by atoms with Crippen LogP contribution < -0.4 is 10.5 Å². The third-order valence-electron chi connectivity index (χ3n) is 3.00. The summed E-state index contributed by atoms with van der Waals surface area (Å²) in [5, 5.41) is 0. The van der Waals surface area contributed by atoms with Crippen LogP contribution in [0.3, 0.4) is 0 Å². The maximum atomic E-state index is 11.9. The topological polar surface area (TPSA) is 57.5 Å². The standard InChI is InChI=1S/C15H19NO4/c1-3-5-6-8-19-14-13(4-2)16(15(17)20-14)10-12-7-9-18-11-12/h3,7,9,11H,1,4-6,8,10H2,2H3. The Morgan fingerprint density at radius 3 is 3.00 bits per heavy atom. The van der Waals surface area contributed by atoms with E-state index in [0.717, 1.165) is 24.1 Å². The molecule has 0 atom stereocenters. The lowest BCUT2D eigenvalue weighted by Gasteiger charge is -2.05. The summed E-state index contributed by atoms with van der Waals surface area (Å²) in [6.45, 7) is 6.56. The molecule has 0 aliphatic carbocycles. The van der Waals surface area contributed by atoms with Crippen molar-refractivity contribution in [3.63, 3.8) is 0 Å². The number of aromatic nitrogens is 1. The molecule has 2 aromatic rings. The first-order chi connectivity index (χ1) is 9.76. The Hall–Kier alpha value is -2.17. The monoisotopic (exact) mass is 277 g/mol. The van der Waals surface area contributed by atoms with E-state index in [2.05, 4.69) is 6.58 Å². The molecule has 0 bridgehead atoms. The number of oxazole rings is 1. The Morgan fingerprint density at radius 2 is 2.35 bits per heavy atom. The van der Waals surface area contributed by atoms with Crippen LogP contribution in [0.2, 0.25) is 0 Å². The van der Waals surface area contributed by atoms with Crippen molar-refractivity contribution in [2.24, 2.45) is 0 Å². The Kier molecular flexibility index (Phi) is 4.87. The van der Waals surface area contributed by atoms with Gasteiger partial charge in [0.2, 0.25) is 0 Å². The van der Waals surface area contributed by atoms with Gasteiger partial charge in [-0.15, -0.1) is 6.58 Å². The molecule has 0 spiro atoms. The quantitative estimate of drug-likeness (QED) is 0.550. The zero-order chi connectivity index (χ0) is 14.4. The molecular weight excluding hydrogens is 258 g/mol. The highest BCUT2D eigenvalue weighted by molar-refractivity contribution is 5.18.